The first-order chi connectivity index (χ1) is 10.1. The summed E-state index contributed by atoms with van der Waals surface area (Å²) in [5.41, 5.74) is 6.63. The summed E-state index contributed by atoms with van der Waals surface area (Å²) < 4.78 is 5.48. The third-order valence-electron chi connectivity index (χ3n) is 4.15. The highest BCUT2D eigenvalue weighted by atomic mass is 32.1. The number of hydrogen-bond acceptors (Lipinski definition) is 5. The first kappa shape index (κ1) is 14.5. The number of carbonyl (C=O) groups is 1. The SMILES string of the molecule is COc1c(N2CCCC(C)C2)sc(C(=O)NC2CC2)c1N. The van der Waals surface area contributed by atoms with Gasteiger partial charge in [0, 0.05) is 19.1 Å². The molecule has 1 aliphatic heterocycles. The number of rotatable bonds is 4. The van der Waals surface area contributed by atoms with E-state index in [4.69, 9.17) is 10.5 Å². The normalized spacial score (nSPS) is 22.2. The molecule has 116 valence electrons. The van der Waals surface area contributed by atoms with Gasteiger partial charge in [0.15, 0.2) is 5.75 Å². The molecule has 0 bridgehead atoms. The van der Waals surface area contributed by atoms with Gasteiger partial charge in [-0.25, -0.2) is 0 Å². The topological polar surface area (TPSA) is 67.6 Å². The van der Waals surface area contributed by atoms with Crippen molar-refractivity contribution in [3.63, 3.8) is 0 Å². The number of thiophene rings is 1. The molecular formula is C15H23N3O2S. The summed E-state index contributed by atoms with van der Waals surface area (Å²) in [6, 6.07) is 0.337. The summed E-state index contributed by atoms with van der Waals surface area (Å²) in [5.74, 6) is 1.26. The largest absolute Gasteiger partial charge is 0.492 e. The number of methoxy groups -OCH3 is 1. The van der Waals surface area contributed by atoms with E-state index in [1.807, 2.05) is 0 Å². The van der Waals surface area contributed by atoms with Crippen LogP contribution < -0.4 is 20.7 Å². The maximum Gasteiger partial charge on any atom is 0.263 e. The highest BCUT2D eigenvalue weighted by molar-refractivity contribution is 7.19. The summed E-state index contributed by atoms with van der Waals surface area (Å²) in [5, 5.41) is 4.01. The highest BCUT2D eigenvalue weighted by Gasteiger charge is 2.30. The Bertz CT molecular complexity index is 539. The predicted molar refractivity (Wildman–Crippen MR) is 86.4 cm³/mol. The molecule has 1 atom stereocenters. The summed E-state index contributed by atoms with van der Waals surface area (Å²) in [4.78, 5) is 15.2. The van der Waals surface area contributed by atoms with Gasteiger partial charge in [0.25, 0.3) is 5.91 Å². The molecule has 2 aliphatic rings. The third kappa shape index (κ3) is 2.95. The fraction of sp³-hybridized carbons (Fsp3) is 0.667. The molecule has 0 radical (unpaired) electrons. The van der Waals surface area contributed by atoms with Gasteiger partial charge in [-0.05, 0) is 31.6 Å². The Labute approximate surface area is 129 Å². The average molecular weight is 309 g/mol. The Morgan fingerprint density at radius 1 is 1.43 bits per heavy atom. The standard InChI is InChI=1S/C15H23N3O2S/c1-9-4-3-7-18(8-9)15-12(20-2)11(16)13(21-15)14(19)17-10-5-6-10/h9-10H,3-8,16H2,1-2H3,(H,17,19). The first-order valence-corrected chi connectivity index (χ1v) is 8.43. The summed E-state index contributed by atoms with van der Waals surface area (Å²) in [7, 11) is 1.62. The van der Waals surface area contributed by atoms with Crippen molar-refractivity contribution in [1.29, 1.82) is 0 Å². The predicted octanol–water partition coefficient (Wildman–Crippen LogP) is 2.47. The number of nitrogens with zero attached hydrogens (tertiary/aromatic N) is 1. The van der Waals surface area contributed by atoms with Gasteiger partial charge in [0.2, 0.25) is 0 Å². The van der Waals surface area contributed by atoms with E-state index in [1.165, 1.54) is 24.2 Å². The van der Waals surface area contributed by atoms with Crippen LogP contribution in [0.2, 0.25) is 0 Å². The van der Waals surface area contributed by atoms with Crippen molar-refractivity contribution in [2.45, 2.75) is 38.6 Å². The fourth-order valence-corrected chi connectivity index (χ4v) is 3.97. The average Bonchev–Trinajstić information content (AvgIpc) is 3.20. The maximum atomic E-state index is 12.3. The van der Waals surface area contributed by atoms with Crippen LogP contribution in [0.1, 0.15) is 42.3 Å². The first-order valence-electron chi connectivity index (χ1n) is 7.62. The van der Waals surface area contributed by atoms with Crippen molar-refractivity contribution in [2.24, 2.45) is 5.92 Å². The molecule has 1 saturated heterocycles. The van der Waals surface area contributed by atoms with E-state index in [-0.39, 0.29) is 5.91 Å². The molecule has 2 heterocycles. The van der Waals surface area contributed by atoms with Crippen LogP contribution in [-0.2, 0) is 0 Å². The van der Waals surface area contributed by atoms with E-state index in [0.29, 0.717) is 28.3 Å². The molecule has 3 N–H and O–H groups in total. The molecule has 6 heteroatoms. The second-order valence-corrected chi connectivity index (χ2v) is 7.12. The van der Waals surface area contributed by atoms with Crippen molar-refractivity contribution in [1.82, 2.24) is 5.32 Å². The highest BCUT2D eigenvalue weighted by Crippen LogP contribution is 2.46. The minimum Gasteiger partial charge on any atom is -0.492 e. The molecule has 1 unspecified atom stereocenters. The zero-order chi connectivity index (χ0) is 15.0. The minimum atomic E-state index is -0.0605. The van der Waals surface area contributed by atoms with Crippen LogP contribution in [0.5, 0.6) is 5.75 Å². The van der Waals surface area contributed by atoms with Gasteiger partial charge in [-0.1, -0.05) is 6.92 Å². The van der Waals surface area contributed by atoms with E-state index in [1.54, 1.807) is 7.11 Å². The second kappa shape index (κ2) is 5.75. The molecule has 5 nitrogen and oxygen atoms in total. The summed E-state index contributed by atoms with van der Waals surface area (Å²) >= 11 is 1.46. The van der Waals surface area contributed by atoms with Crippen molar-refractivity contribution in [2.75, 3.05) is 30.8 Å². The Balaban J connectivity index is 1.86. The molecule has 3 rings (SSSR count). The van der Waals surface area contributed by atoms with Gasteiger partial charge in [-0.3, -0.25) is 4.79 Å². The zero-order valence-electron chi connectivity index (χ0n) is 12.6. The minimum absolute atomic E-state index is 0.0605. The van der Waals surface area contributed by atoms with Crippen LogP contribution in [0.4, 0.5) is 10.7 Å². The van der Waals surface area contributed by atoms with Crippen molar-refractivity contribution >= 4 is 27.9 Å². The van der Waals surface area contributed by atoms with E-state index < -0.39 is 0 Å². The van der Waals surface area contributed by atoms with Crippen LogP contribution in [0, 0.1) is 5.92 Å². The lowest BCUT2D eigenvalue weighted by molar-refractivity contribution is 0.0956. The van der Waals surface area contributed by atoms with Crippen molar-refractivity contribution in [3.8, 4) is 5.75 Å². The molecule has 21 heavy (non-hydrogen) atoms. The van der Waals surface area contributed by atoms with Crippen LogP contribution in [0.15, 0.2) is 0 Å². The van der Waals surface area contributed by atoms with Gasteiger partial charge in [0.05, 0.1) is 7.11 Å². The number of amides is 1. The van der Waals surface area contributed by atoms with Gasteiger partial charge in [0.1, 0.15) is 15.6 Å². The third-order valence-corrected chi connectivity index (χ3v) is 5.40. The van der Waals surface area contributed by atoms with Gasteiger partial charge < -0.3 is 20.7 Å². The van der Waals surface area contributed by atoms with Crippen molar-refractivity contribution in [3.05, 3.63) is 4.88 Å². The molecule has 2 fully saturated rings. The van der Waals surface area contributed by atoms with Gasteiger partial charge in [-0.2, -0.15) is 0 Å². The monoisotopic (exact) mass is 309 g/mol. The number of anilines is 2. The lowest BCUT2D eigenvalue weighted by atomic mass is 10.0. The summed E-state index contributed by atoms with van der Waals surface area (Å²) in [6.07, 6.45) is 4.58. The van der Waals surface area contributed by atoms with E-state index in [0.717, 1.165) is 30.9 Å². The van der Waals surface area contributed by atoms with Gasteiger partial charge in [-0.15, -0.1) is 11.3 Å². The number of nitrogens with two attached hydrogens (primary N) is 1. The molecule has 1 aliphatic carbocycles. The molecule has 1 saturated carbocycles. The number of hydrogen-bond donors (Lipinski definition) is 2. The lowest BCUT2D eigenvalue weighted by Gasteiger charge is -2.32. The lowest BCUT2D eigenvalue weighted by Crippen LogP contribution is -2.33. The molecule has 1 aromatic rings. The van der Waals surface area contributed by atoms with Crippen LogP contribution in [0.25, 0.3) is 0 Å². The van der Waals surface area contributed by atoms with Crippen LogP contribution in [-0.4, -0.2) is 32.1 Å². The Morgan fingerprint density at radius 2 is 2.19 bits per heavy atom. The van der Waals surface area contributed by atoms with E-state index >= 15 is 0 Å². The molecule has 1 amide bonds. The molecular weight excluding hydrogens is 286 g/mol. The van der Waals surface area contributed by atoms with E-state index in [2.05, 4.69) is 17.1 Å². The van der Waals surface area contributed by atoms with Crippen LogP contribution in [0.3, 0.4) is 0 Å². The molecule has 1 aromatic heterocycles. The molecule has 0 aromatic carbocycles. The maximum absolute atomic E-state index is 12.3. The zero-order valence-corrected chi connectivity index (χ0v) is 13.5. The number of nitrogen functional groups attached to an aromatic ring is 1. The van der Waals surface area contributed by atoms with Crippen LogP contribution >= 0.6 is 11.3 Å². The number of carbonyl (C=O) groups excluding carboxylic acids is 1. The fourth-order valence-electron chi connectivity index (χ4n) is 2.84. The second-order valence-electron chi connectivity index (χ2n) is 6.12. The smallest absolute Gasteiger partial charge is 0.263 e. The van der Waals surface area contributed by atoms with Gasteiger partial charge >= 0.3 is 0 Å². The Kier molecular flexibility index (Phi) is 3.97. The number of piperidine rings is 1. The van der Waals surface area contributed by atoms with E-state index in [9.17, 15) is 4.79 Å². The molecule has 0 spiro atoms. The quantitative estimate of drug-likeness (QED) is 0.896. The van der Waals surface area contributed by atoms with Crippen molar-refractivity contribution < 1.29 is 9.53 Å². The number of nitrogens with one attached hydrogen (secondary N) is 1. The number of ether oxygens (including phenoxy) is 1. The summed E-state index contributed by atoms with van der Waals surface area (Å²) in [6.45, 7) is 4.26. The Hall–Kier alpha value is -1.43. The Morgan fingerprint density at radius 3 is 2.81 bits per heavy atom.